The van der Waals surface area contributed by atoms with Crippen LogP contribution < -0.4 is 0 Å². The lowest BCUT2D eigenvalue weighted by atomic mass is 9.86. The quantitative estimate of drug-likeness (QED) is 0.536. The lowest BCUT2D eigenvalue weighted by Crippen LogP contribution is -2.41. The summed E-state index contributed by atoms with van der Waals surface area (Å²) >= 11 is 0. The fraction of sp³-hybridized carbons (Fsp3) is 1.00. The normalized spacial score (nSPS) is 38.8. The standard InChI is InChI=1S/C11H21N/c1-12-9-5-7-10-6-3-2-4-8-11(10)12/h10-11H,2-9H2,1H3/t10-,11-/m1/s1. The predicted octanol–water partition coefficient (Wildman–Crippen LogP) is 2.66. The number of hydrogen-bond donors (Lipinski definition) is 0. The van der Waals surface area contributed by atoms with E-state index in [1.165, 1.54) is 51.5 Å². The molecule has 1 saturated heterocycles. The molecule has 1 nitrogen and oxygen atoms in total. The number of piperidine rings is 1. The zero-order valence-electron chi connectivity index (χ0n) is 8.26. The van der Waals surface area contributed by atoms with Gasteiger partial charge in [0.1, 0.15) is 0 Å². The molecule has 1 aliphatic carbocycles. The molecule has 1 heterocycles. The van der Waals surface area contributed by atoms with Gasteiger partial charge in [0, 0.05) is 6.04 Å². The van der Waals surface area contributed by atoms with Crippen LogP contribution >= 0.6 is 0 Å². The van der Waals surface area contributed by atoms with Crippen LogP contribution in [0.1, 0.15) is 44.9 Å². The minimum absolute atomic E-state index is 0.946. The van der Waals surface area contributed by atoms with E-state index in [-0.39, 0.29) is 0 Å². The first-order valence-corrected chi connectivity index (χ1v) is 5.58. The maximum absolute atomic E-state index is 2.61. The summed E-state index contributed by atoms with van der Waals surface area (Å²) < 4.78 is 0. The van der Waals surface area contributed by atoms with Gasteiger partial charge in [-0.1, -0.05) is 19.3 Å². The van der Waals surface area contributed by atoms with Crippen molar-refractivity contribution in [1.82, 2.24) is 4.90 Å². The van der Waals surface area contributed by atoms with Crippen molar-refractivity contribution in [2.45, 2.75) is 51.0 Å². The molecule has 12 heavy (non-hydrogen) atoms. The van der Waals surface area contributed by atoms with Crippen LogP contribution in [-0.4, -0.2) is 24.5 Å². The Bertz CT molecular complexity index is 144. The minimum atomic E-state index is 0.946. The molecule has 0 bridgehead atoms. The van der Waals surface area contributed by atoms with Gasteiger partial charge in [0.25, 0.3) is 0 Å². The van der Waals surface area contributed by atoms with Crippen molar-refractivity contribution in [2.24, 2.45) is 5.92 Å². The second-order valence-corrected chi connectivity index (χ2v) is 4.59. The van der Waals surface area contributed by atoms with E-state index < -0.39 is 0 Å². The summed E-state index contributed by atoms with van der Waals surface area (Å²) in [4.78, 5) is 2.61. The van der Waals surface area contributed by atoms with E-state index in [1.807, 2.05) is 0 Å². The van der Waals surface area contributed by atoms with Crippen LogP contribution in [0, 0.1) is 5.92 Å². The molecule has 2 aliphatic rings. The molecular weight excluding hydrogens is 146 g/mol. The van der Waals surface area contributed by atoms with E-state index in [0.717, 1.165) is 12.0 Å². The highest BCUT2D eigenvalue weighted by molar-refractivity contribution is 4.84. The van der Waals surface area contributed by atoms with Crippen LogP contribution in [0.3, 0.4) is 0 Å². The van der Waals surface area contributed by atoms with Crippen molar-refractivity contribution >= 4 is 0 Å². The molecule has 0 aromatic heterocycles. The van der Waals surface area contributed by atoms with E-state index >= 15 is 0 Å². The van der Waals surface area contributed by atoms with Gasteiger partial charge in [-0.2, -0.15) is 0 Å². The highest BCUT2D eigenvalue weighted by Crippen LogP contribution is 2.33. The number of nitrogens with zero attached hydrogens (tertiary/aromatic N) is 1. The highest BCUT2D eigenvalue weighted by Gasteiger charge is 2.29. The van der Waals surface area contributed by atoms with Crippen molar-refractivity contribution < 1.29 is 0 Å². The Labute approximate surface area is 76.1 Å². The average Bonchev–Trinajstić information content (AvgIpc) is 2.30. The fourth-order valence-corrected chi connectivity index (χ4v) is 3.05. The Balaban J connectivity index is 2.00. The van der Waals surface area contributed by atoms with Crippen molar-refractivity contribution in [3.8, 4) is 0 Å². The number of likely N-dealkylation sites (tertiary alicyclic amines) is 1. The molecule has 0 spiro atoms. The Morgan fingerprint density at radius 2 is 1.67 bits per heavy atom. The molecule has 0 aromatic carbocycles. The van der Waals surface area contributed by atoms with Crippen molar-refractivity contribution in [3.63, 3.8) is 0 Å². The van der Waals surface area contributed by atoms with Crippen LogP contribution in [0.25, 0.3) is 0 Å². The molecule has 2 rings (SSSR count). The Hall–Kier alpha value is -0.0400. The molecule has 1 aliphatic heterocycles. The summed E-state index contributed by atoms with van der Waals surface area (Å²) in [5.74, 6) is 1.05. The molecule has 0 radical (unpaired) electrons. The third kappa shape index (κ3) is 1.66. The first-order valence-electron chi connectivity index (χ1n) is 5.58. The third-order valence-corrected chi connectivity index (χ3v) is 3.77. The predicted molar refractivity (Wildman–Crippen MR) is 52.2 cm³/mol. The van der Waals surface area contributed by atoms with Gasteiger partial charge >= 0.3 is 0 Å². The smallest absolute Gasteiger partial charge is 0.0120 e. The molecule has 2 atom stereocenters. The Morgan fingerprint density at radius 3 is 2.58 bits per heavy atom. The number of fused-ring (bicyclic) bond motifs is 1. The summed E-state index contributed by atoms with van der Waals surface area (Å²) in [5.41, 5.74) is 0. The van der Waals surface area contributed by atoms with Crippen LogP contribution in [0.5, 0.6) is 0 Å². The Kier molecular flexibility index (Phi) is 2.69. The summed E-state index contributed by atoms with van der Waals surface area (Å²) in [7, 11) is 2.32. The third-order valence-electron chi connectivity index (χ3n) is 3.77. The van der Waals surface area contributed by atoms with Crippen molar-refractivity contribution in [3.05, 3.63) is 0 Å². The summed E-state index contributed by atoms with van der Waals surface area (Å²) in [6.07, 6.45) is 10.4. The second-order valence-electron chi connectivity index (χ2n) is 4.59. The minimum Gasteiger partial charge on any atom is -0.303 e. The molecule has 0 N–H and O–H groups in total. The van der Waals surface area contributed by atoms with E-state index in [1.54, 1.807) is 0 Å². The molecular formula is C11H21N. The summed E-state index contributed by atoms with van der Waals surface area (Å²) in [6, 6.07) is 0.946. The van der Waals surface area contributed by atoms with Gasteiger partial charge in [-0.05, 0) is 45.2 Å². The highest BCUT2D eigenvalue weighted by atomic mass is 15.1. The first-order chi connectivity index (χ1) is 5.88. The Morgan fingerprint density at radius 1 is 0.917 bits per heavy atom. The van der Waals surface area contributed by atoms with Gasteiger partial charge in [-0.15, -0.1) is 0 Å². The SMILES string of the molecule is CN1CCC[C@H]2CCCCC[C@H]21. The van der Waals surface area contributed by atoms with Gasteiger partial charge in [-0.3, -0.25) is 0 Å². The van der Waals surface area contributed by atoms with Crippen LogP contribution in [0.15, 0.2) is 0 Å². The molecule has 2 fully saturated rings. The first kappa shape index (κ1) is 8.55. The van der Waals surface area contributed by atoms with Gasteiger partial charge in [-0.25, -0.2) is 0 Å². The van der Waals surface area contributed by atoms with E-state index in [9.17, 15) is 0 Å². The van der Waals surface area contributed by atoms with E-state index in [4.69, 9.17) is 0 Å². The summed E-state index contributed by atoms with van der Waals surface area (Å²) in [5, 5.41) is 0. The molecule has 1 heteroatoms. The van der Waals surface area contributed by atoms with Gasteiger partial charge in [0.05, 0.1) is 0 Å². The number of rotatable bonds is 0. The zero-order chi connectivity index (χ0) is 8.39. The lowest BCUT2D eigenvalue weighted by molar-refractivity contribution is 0.114. The fourth-order valence-electron chi connectivity index (χ4n) is 3.05. The van der Waals surface area contributed by atoms with Crippen molar-refractivity contribution in [2.75, 3.05) is 13.6 Å². The van der Waals surface area contributed by atoms with Crippen LogP contribution in [-0.2, 0) is 0 Å². The second kappa shape index (κ2) is 3.78. The molecule has 0 amide bonds. The molecule has 70 valence electrons. The van der Waals surface area contributed by atoms with E-state index in [2.05, 4.69) is 11.9 Å². The average molecular weight is 167 g/mol. The molecule has 0 aromatic rings. The van der Waals surface area contributed by atoms with Crippen molar-refractivity contribution in [1.29, 1.82) is 0 Å². The lowest BCUT2D eigenvalue weighted by Gasteiger charge is -2.38. The maximum atomic E-state index is 2.61. The van der Waals surface area contributed by atoms with Gasteiger partial charge in [0.15, 0.2) is 0 Å². The van der Waals surface area contributed by atoms with E-state index in [0.29, 0.717) is 0 Å². The zero-order valence-corrected chi connectivity index (χ0v) is 8.26. The molecule has 1 saturated carbocycles. The van der Waals surface area contributed by atoms with Crippen LogP contribution in [0.4, 0.5) is 0 Å². The number of hydrogen-bond acceptors (Lipinski definition) is 1. The monoisotopic (exact) mass is 167 g/mol. The maximum Gasteiger partial charge on any atom is 0.0120 e. The topological polar surface area (TPSA) is 3.24 Å². The van der Waals surface area contributed by atoms with Crippen LogP contribution in [0.2, 0.25) is 0 Å². The largest absolute Gasteiger partial charge is 0.303 e. The van der Waals surface area contributed by atoms with Gasteiger partial charge in [0.2, 0.25) is 0 Å². The van der Waals surface area contributed by atoms with Gasteiger partial charge < -0.3 is 4.90 Å². The summed E-state index contributed by atoms with van der Waals surface area (Å²) in [6.45, 7) is 1.35. The molecule has 0 unspecified atom stereocenters.